The van der Waals surface area contributed by atoms with E-state index in [0.29, 0.717) is 13.0 Å². The molecule has 17 heavy (non-hydrogen) atoms. The minimum Gasteiger partial charge on any atom is -0.393 e. The third kappa shape index (κ3) is 4.10. The first-order valence-corrected chi connectivity index (χ1v) is 5.31. The maximum absolute atomic E-state index is 13.4. The van der Waals surface area contributed by atoms with Gasteiger partial charge in [0.05, 0.1) is 17.7 Å². The number of aliphatic hydroxyl groups is 1. The molecule has 0 aliphatic heterocycles. The van der Waals surface area contributed by atoms with Crippen LogP contribution in [0.2, 0.25) is 0 Å². The second kappa shape index (κ2) is 6.28. The number of nitrogens with one attached hydrogen (secondary N) is 1. The van der Waals surface area contributed by atoms with Gasteiger partial charge in [0.15, 0.2) is 0 Å². The van der Waals surface area contributed by atoms with Gasteiger partial charge in [0.25, 0.3) is 0 Å². The summed E-state index contributed by atoms with van der Waals surface area (Å²) < 4.78 is 26.8. The molecule has 0 aliphatic carbocycles. The van der Waals surface area contributed by atoms with Gasteiger partial charge in [0, 0.05) is 12.1 Å². The van der Waals surface area contributed by atoms with Crippen LogP contribution in [0.5, 0.6) is 0 Å². The first-order chi connectivity index (χ1) is 8.04. The second-order valence-electron chi connectivity index (χ2n) is 3.84. The number of hydrogen-bond acceptors (Lipinski definition) is 3. The van der Waals surface area contributed by atoms with Crippen LogP contribution in [-0.4, -0.2) is 17.8 Å². The normalized spacial score (nSPS) is 12.2. The Hall–Kier alpha value is -1.51. The highest BCUT2D eigenvalue weighted by Crippen LogP contribution is 2.14. The number of aliphatic hydroxyl groups excluding tert-OH is 1. The zero-order valence-electron chi connectivity index (χ0n) is 9.50. The third-order valence-electron chi connectivity index (χ3n) is 2.31. The summed E-state index contributed by atoms with van der Waals surface area (Å²) in [6, 6.07) is 3.70. The Morgan fingerprint density at radius 3 is 2.47 bits per heavy atom. The van der Waals surface area contributed by atoms with Crippen molar-refractivity contribution in [2.24, 2.45) is 0 Å². The predicted octanol–water partition coefficient (Wildman–Crippen LogP) is 1.70. The molecule has 0 spiro atoms. The van der Waals surface area contributed by atoms with Gasteiger partial charge in [-0.25, -0.2) is 8.78 Å². The fourth-order valence-electron chi connectivity index (χ4n) is 1.36. The molecule has 0 radical (unpaired) electrons. The number of rotatable bonds is 5. The topological polar surface area (TPSA) is 56.0 Å². The molecule has 1 aromatic carbocycles. The maximum atomic E-state index is 13.4. The van der Waals surface area contributed by atoms with Crippen molar-refractivity contribution in [2.75, 3.05) is 6.54 Å². The first-order valence-electron chi connectivity index (χ1n) is 5.31. The summed E-state index contributed by atoms with van der Waals surface area (Å²) in [6.45, 7) is 2.15. The number of halogens is 2. The molecular weight excluding hydrogens is 226 g/mol. The van der Waals surface area contributed by atoms with Crippen molar-refractivity contribution >= 4 is 0 Å². The van der Waals surface area contributed by atoms with E-state index in [9.17, 15) is 8.78 Å². The zero-order valence-corrected chi connectivity index (χ0v) is 9.50. The van der Waals surface area contributed by atoms with E-state index < -0.39 is 17.7 Å². The number of nitriles is 1. The van der Waals surface area contributed by atoms with E-state index in [0.717, 1.165) is 12.1 Å². The molecule has 0 fully saturated rings. The molecule has 5 heteroatoms. The monoisotopic (exact) mass is 240 g/mol. The second-order valence-corrected chi connectivity index (χ2v) is 3.84. The summed E-state index contributed by atoms with van der Waals surface area (Å²) in [5.74, 6) is -1.46. The highest BCUT2D eigenvalue weighted by atomic mass is 19.1. The van der Waals surface area contributed by atoms with E-state index in [1.807, 2.05) is 0 Å². The van der Waals surface area contributed by atoms with Crippen LogP contribution in [0.15, 0.2) is 12.1 Å². The fraction of sp³-hybridized carbons (Fsp3) is 0.417. The summed E-state index contributed by atoms with van der Waals surface area (Å²) in [5.41, 5.74) is -0.123. The van der Waals surface area contributed by atoms with Crippen molar-refractivity contribution in [3.05, 3.63) is 34.9 Å². The largest absolute Gasteiger partial charge is 0.393 e. The van der Waals surface area contributed by atoms with Crippen molar-refractivity contribution in [1.82, 2.24) is 5.32 Å². The van der Waals surface area contributed by atoms with Gasteiger partial charge < -0.3 is 10.4 Å². The lowest BCUT2D eigenvalue weighted by molar-refractivity contribution is 0.183. The van der Waals surface area contributed by atoms with Crippen LogP contribution in [0.25, 0.3) is 0 Å². The number of nitrogens with zero attached hydrogens (tertiary/aromatic N) is 1. The van der Waals surface area contributed by atoms with Crippen LogP contribution in [0.3, 0.4) is 0 Å². The van der Waals surface area contributed by atoms with Crippen molar-refractivity contribution in [3.63, 3.8) is 0 Å². The van der Waals surface area contributed by atoms with Crippen LogP contribution in [-0.2, 0) is 6.54 Å². The number of hydrogen-bond donors (Lipinski definition) is 2. The quantitative estimate of drug-likeness (QED) is 0.770. The van der Waals surface area contributed by atoms with Crippen LogP contribution in [0.4, 0.5) is 8.78 Å². The summed E-state index contributed by atoms with van der Waals surface area (Å²) in [4.78, 5) is 0. The Balaban J connectivity index is 2.63. The van der Waals surface area contributed by atoms with E-state index in [2.05, 4.69) is 5.32 Å². The van der Waals surface area contributed by atoms with Gasteiger partial charge in [-0.2, -0.15) is 5.26 Å². The molecule has 0 aromatic heterocycles. The van der Waals surface area contributed by atoms with Gasteiger partial charge in [-0.05, 0) is 32.0 Å². The Bertz CT molecular complexity index is 404. The Morgan fingerprint density at radius 2 is 2.00 bits per heavy atom. The van der Waals surface area contributed by atoms with Gasteiger partial charge in [0.1, 0.15) is 11.6 Å². The van der Waals surface area contributed by atoms with Crippen molar-refractivity contribution in [2.45, 2.75) is 26.0 Å². The average Bonchev–Trinajstić information content (AvgIpc) is 2.26. The molecule has 1 atom stereocenters. The molecule has 92 valence electrons. The molecule has 0 saturated carbocycles. The Labute approximate surface area is 98.7 Å². The van der Waals surface area contributed by atoms with Gasteiger partial charge in [-0.1, -0.05) is 0 Å². The molecule has 0 saturated heterocycles. The van der Waals surface area contributed by atoms with Gasteiger partial charge in [0.2, 0.25) is 0 Å². The fourth-order valence-corrected chi connectivity index (χ4v) is 1.36. The Kier molecular flexibility index (Phi) is 5.01. The molecule has 0 heterocycles. The smallest absolute Gasteiger partial charge is 0.131 e. The lowest BCUT2D eigenvalue weighted by Crippen LogP contribution is -2.20. The van der Waals surface area contributed by atoms with Crippen molar-refractivity contribution in [3.8, 4) is 6.07 Å². The highest BCUT2D eigenvalue weighted by molar-refractivity contribution is 5.34. The van der Waals surface area contributed by atoms with Crippen molar-refractivity contribution < 1.29 is 13.9 Å². The zero-order chi connectivity index (χ0) is 12.8. The Morgan fingerprint density at radius 1 is 1.41 bits per heavy atom. The van der Waals surface area contributed by atoms with Crippen LogP contribution >= 0.6 is 0 Å². The minimum absolute atomic E-state index is 0.0345. The third-order valence-corrected chi connectivity index (χ3v) is 2.31. The molecule has 0 aliphatic rings. The summed E-state index contributed by atoms with van der Waals surface area (Å²) in [5, 5.41) is 20.4. The summed E-state index contributed by atoms with van der Waals surface area (Å²) in [6.07, 6.45) is 0.0673. The van der Waals surface area contributed by atoms with Gasteiger partial charge >= 0.3 is 0 Å². The van der Waals surface area contributed by atoms with E-state index in [1.165, 1.54) is 0 Å². The van der Waals surface area contributed by atoms with Gasteiger partial charge in [-0.15, -0.1) is 0 Å². The van der Waals surface area contributed by atoms with Crippen LogP contribution < -0.4 is 5.32 Å². The SMILES string of the molecule is CC(O)CCNCc1c(F)cc(C#N)cc1F. The maximum Gasteiger partial charge on any atom is 0.131 e. The molecule has 1 rings (SSSR count). The van der Waals surface area contributed by atoms with Gasteiger partial charge in [-0.3, -0.25) is 0 Å². The first kappa shape index (κ1) is 13.6. The molecule has 3 nitrogen and oxygen atoms in total. The lowest BCUT2D eigenvalue weighted by atomic mass is 10.1. The summed E-state index contributed by atoms with van der Waals surface area (Å²) in [7, 11) is 0. The molecule has 1 aromatic rings. The van der Waals surface area contributed by atoms with Crippen LogP contribution in [0, 0.1) is 23.0 Å². The highest BCUT2D eigenvalue weighted by Gasteiger charge is 2.10. The molecule has 0 amide bonds. The lowest BCUT2D eigenvalue weighted by Gasteiger charge is -2.08. The minimum atomic E-state index is -0.730. The predicted molar refractivity (Wildman–Crippen MR) is 59.1 cm³/mol. The van der Waals surface area contributed by atoms with E-state index in [4.69, 9.17) is 10.4 Å². The molecule has 2 N–H and O–H groups in total. The molecule has 1 unspecified atom stereocenters. The molecular formula is C12H14F2N2O. The average molecular weight is 240 g/mol. The summed E-state index contributed by atoms with van der Waals surface area (Å²) >= 11 is 0. The van der Waals surface area contributed by atoms with Crippen LogP contribution in [0.1, 0.15) is 24.5 Å². The standard InChI is InChI=1S/C12H14F2N2O/c1-8(17)2-3-16-7-10-11(13)4-9(6-15)5-12(10)14/h4-5,8,16-17H,2-3,7H2,1H3. The van der Waals surface area contributed by atoms with E-state index >= 15 is 0 Å². The molecule has 0 bridgehead atoms. The van der Waals surface area contributed by atoms with E-state index in [1.54, 1.807) is 13.0 Å². The van der Waals surface area contributed by atoms with Crippen molar-refractivity contribution in [1.29, 1.82) is 5.26 Å². The number of benzene rings is 1. The van der Waals surface area contributed by atoms with E-state index in [-0.39, 0.29) is 17.7 Å².